The molecule has 0 bridgehead atoms. The van der Waals surface area contributed by atoms with Gasteiger partial charge in [-0.3, -0.25) is 0 Å². The third-order valence-corrected chi connectivity index (χ3v) is 2.84. The van der Waals surface area contributed by atoms with Crippen LogP contribution < -0.4 is 4.74 Å². The third-order valence-electron chi connectivity index (χ3n) is 2.69. The highest BCUT2D eigenvalue weighted by Crippen LogP contribution is 2.14. The molecule has 0 aromatic heterocycles. The van der Waals surface area contributed by atoms with Crippen LogP contribution in [0.4, 0.5) is 0 Å². The number of hydrogen-bond donors (Lipinski definition) is 0. The Morgan fingerprint density at radius 2 is 2.00 bits per heavy atom. The van der Waals surface area contributed by atoms with E-state index in [1.165, 1.54) is 5.56 Å². The van der Waals surface area contributed by atoms with E-state index in [0.29, 0.717) is 25.7 Å². The average Bonchev–Trinajstić information content (AvgIpc) is 2.39. The van der Waals surface area contributed by atoms with E-state index < -0.39 is 0 Å². The summed E-state index contributed by atoms with van der Waals surface area (Å²) in [4.78, 5) is 2.20. The van der Waals surface area contributed by atoms with Gasteiger partial charge in [-0.2, -0.15) is 0 Å². The standard InChI is InChI=1S/C15H24ClNO2/c1-17(2)9-4-6-14-5-3-7-15(13-14)19-12-11-18-10-8-16/h3,5,7,13H,4,6,8-12H2,1-2H3. The Bertz CT molecular complexity index is 345. The molecular weight excluding hydrogens is 262 g/mol. The second kappa shape index (κ2) is 10.1. The van der Waals surface area contributed by atoms with Crippen LogP contribution in [-0.2, 0) is 11.2 Å². The van der Waals surface area contributed by atoms with E-state index in [4.69, 9.17) is 21.1 Å². The molecule has 0 aliphatic rings. The monoisotopic (exact) mass is 285 g/mol. The van der Waals surface area contributed by atoms with Crippen LogP contribution in [0.15, 0.2) is 24.3 Å². The van der Waals surface area contributed by atoms with Crippen LogP contribution in [0, 0.1) is 0 Å². The molecule has 0 saturated carbocycles. The first-order valence-electron chi connectivity index (χ1n) is 6.72. The highest BCUT2D eigenvalue weighted by atomic mass is 35.5. The van der Waals surface area contributed by atoms with Crippen LogP contribution in [-0.4, -0.2) is 51.2 Å². The van der Waals surface area contributed by atoms with Gasteiger partial charge in [-0.25, -0.2) is 0 Å². The molecule has 1 rings (SSSR count). The van der Waals surface area contributed by atoms with E-state index in [2.05, 4.69) is 31.1 Å². The molecule has 0 radical (unpaired) electrons. The molecule has 0 saturated heterocycles. The Kier molecular flexibility index (Phi) is 8.63. The van der Waals surface area contributed by atoms with E-state index in [-0.39, 0.29) is 0 Å². The van der Waals surface area contributed by atoms with Crippen molar-refractivity contribution in [2.24, 2.45) is 0 Å². The van der Waals surface area contributed by atoms with Gasteiger partial charge >= 0.3 is 0 Å². The fraction of sp³-hybridized carbons (Fsp3) is 0.600. The fourth-order valence-electron chi connectivity index (χ4n) is 1.77. The topological polar surface area (TPSA) is 21.7 Å². The number of benzene rings is 1. The predicted octanol–water partition coefficient (Wildman–Crippen LogP) is 2.82. The molecule has 3 nitrogen and oxygen atoms in total. The molecule has 108 valence electrons. The highest BCUT2D eigenvalue weighted by Gasteiger charge is 1.98. The summed E-state index contributed by atoms with van der Waals surface area (Å²) < 4.78 is 10.9. The number of hydrogen-bond acceptors (Lipinski definition) is 3. The van der Waals surface area contributed by atoms with Crippen molar-refractivity contribution in [2.75, 3.05) is 46.3 Å². The summed E-state index contributed by atoms with van der Waals surface area (Å²) >= 11 is 5.52. The minimum absolute atomic E-state index is 0.529. The molecule has 0 spiro atoms. The van der Waals surface area contributed by atoms with Crippen molar-refractivity contribution in [3.63, 3.8) is 0 Å². The second-order valence-electron chi connectivity index (χ2n) is 4.70. The maximum absolute atomic E-state index is 5.64. The molecule has 0 amide bonds. The lowest BCUT2D eigenvalue weighted by Crippen LogP contribution is -2.13. The summed E-state index contributed by atoms with van der Waals surface area (Å²) in [6, 6.07) is 8.28. The average molecular weight is 286 g/mol. The largest absolute Gasteiger partial charge is 0.491 e. The van der Waals surface area contributed by atoms with Crippen molar-refractivity contribution in [1.82, 2.24) is 4.90 Å². The molecule has 4 heteroatoms. The van der Waals surface area contributed by atoms with Gasteiger partial charge in [-0.05, 0) is 51.2 Å². The van der Waals surface area contributed by atoms with E-state index >= 15 is 0 Å². The first kappa shape index (κ1) is 16.3. The first-order chi connectivity index (χ1) is 9.22. The van der Waals surface area contributed by atoms with Crippen LogP contribution >= 0.6 is 11.6 Å². The van der Waals surface area contributed by atoms with Gasteiger partial charge in [-0.1, -0.05) is 12.1 Å². The summed E-state index contributed by atoms with van der Waals surface area (Å²) in [6.45, 7) is 2.84. The number of alkyl halides is 1. The van der Waals surface area contributed by atoms with Crippen molar-refractivity contribution in [3.05, 3.63) is 29.8 Å². The number of rotatable bonds is 10. The van der Waals surface area contributed by atoms with Crippen LogP contribution in [0.25, 0.3) is 0 Å². The van der Waals surface area contributed by atoms with Gasteiger partial charge in [-0.15, -0.1) is 11.6 Å². The molecule has 0 N–H and O–H groups in total. The molecule has 0 heterocycles. The van der Waals surface area contributed by atoms with Gasteiger partial charge in [0, 0.05) is 5.88 Å². The summed E-state index contributed by atoms with van der Waals surface area (Å²) in [5.41, 5.74) is 1.32. The minimum Gasteiger partial charge on any atom is -0.491 e. The maximum Gasteiger partial charge on any atom is 0.119 e. The molecule has 0 atom stereocenters. The lowest BCUT2D eigenvalue weighted by molar-refractivity contribution is 0.111. The van der Waals surface area contributed by atoms with Gasteiger partial charge in [0.15, 0.2) is 0 Å². The van der Waals surface area contributed by atoms with Crippen molar-refractivity contribution < 1.29 is 9.47 Å². The van der Waals surface area contributed by atoms with E-state index in [1.54, 1.807) is 0 Å². The van der Waals surface area contributed by atoms with Gasteiger partial charge in [0.25, 0.3) is 0 Å². The lowest BCUT2D eigenvalue weighted by Gasteiger charge is -2.10. The van der Waals surface area contributed by atoms with E-state index in [9.17, 15) is 0 Å². The summed E-state index contributed by atoms with van der Waals surface area (Å²) in [6.07, 6.45) is 2.24. The molecule has 0 aliphatic carbocycles. The lowest BCUT2D eigenvalue weighted by atomic mass is 10.1. The summed E-state index contributed by atoms with van der Waals surface area (Å²) in [5.74, 6) is 1.44. The molecule has 0 aliphatic heterocycles. The molecule has 1 aromatic rings. The Balaban J connectivity index is 2.27. The second-order valence-corrected chi connectivity index (χ2v) is 5.08. The van der Waals surface area contributed by atoms with Gasteiger partial charge in [0.2, 0.25) is 0 Å². The van der Waals surface area contributed by atoms with Crippen molar-refractivity contribution in [3.8, 4) is 5.75 Å². The van der Waals surface area contributed by atoms with Gasteiger partial charge < -0.3 is 14.4 Å². The normalized spacial score (nSPS) is 10.9. The Hall–Kier alpha value is -0.770. The number of nitrogens with zero attached hydrogens (tertiary/aromatic N) is 1. The van der Waals surface area contributed by atoms with Gasteiger partial charge in [0.1, 0.15) is 12.4 Å². The first-order valence-corrected chi connectivity index (χ1v) is 7.26. The Morgan fingerprint density at radius 3 is 2.74 bits per heavy atom. The molecule has 0 unspecified atom stereocenters. The predicted molar refractivity (Wildman–Crippen MR) is 80.4 cm³/mol. The number of ether oxygens (including phenoxy) is 2. The van der Waals surface area contributed by atoms with Crippen LogP contribution in [0.1, 0.15) is 12.0 Å². The van der Waals surface area contributed by atoms with E-state index in [0.717, 1.165) is 25.1 Å². The van der Waals surface area contributed by atoms with Gasteiger partial charge in [0.05, 0.1) is 13.2 Å². The maximum atomic E-state index is 5.64. The zero-order valence-electron chi connectivity index (χ0n) is 11.9. The molecule has 19 heavy (non-hydrogen) atoms. The number of aryl methyl sites for hydroxylation is 1. The zero-order valence-corrected chi connectivity index (χ0v) is 12.7. The van der Waals surface area contributed by atoms with Crippen molar-refractivity contribution in [1.29, 1.82) is 0 Å². The molecule has 0 fully saturated rings. The molecular formula is C15H24ClNO2. The van der Waals surface area contributed by atoms with E-state index in [1.807, 2.05) is 12.1 Å². The SMILES string of the molecule is CN(C)CCCc1cccc(OCCOCCCl)c1. The Labute approximate surface area is 121 Å². The molecule has 1 aromatic carbocycles. The van der Waals surface area contributed by atoms with Crippen LogP contribution in [0.3, 0.4) is 0 Å². The Morgan fingerprint density at radius 1 is 1.16 bits per heavy atom. The minimum atomic E-state index is 0.529. The zero-order chi connectivity index (χ0) is 13.9. The summed E-state index contributed by atoms with van der Waals surface area (Å²) in [5, 5.41) is 0. The number of halogens is 1. The highest BCUT2D eigenvalue weighted by molar-refractivity contribution is 6.17. The van der Waals surface area contributed by atoms with Crippen LogP contribution in [0.5, 0.6) is 5.75 Å². The third kappa shape index (κ3) is 8.09. The fourth-order valence-corrected chi connectivity index (χ4v) is 1.87. The quantitative estimate of drug-likeness (QED) is 0.487. The van der Waals surface area contributed by atoms with Crippen molar-refractivity contribution in [2.45, 2.75) is 12.8 Å². The van der Waals surface area contributed by atoms with Crippen LogP contribution in [0.2, 0.25) is 0 Å². The smallest absolute Gasteiger partial charge is 0.119 e. The van der Waals surface area contributed by atoms with Crippen molar-refractivity contribution >= 4 is 11.6 Å². The summed E-state index contributed by atoms with van der Waals surface area (Å²) in [7, 11) is 4.20.